The van der Waals surface area contributed by atoms with E-state index in [1.165, 1.54) is 23.8 Å². The van der Waals surface area contributed by atoms with Crippen LogP contribution in [0.1, 0.15) is 30.1 Å². The minimum atomic E-state index is 0.367. The first-order chi connectivity index (χ1) is 11.8. The number of hydrogen-bond donors (Lipinski definition) is 1. The molecule has 1 fully saturated rings. The van der Waals surface area contributed by atoms with Gasteiger partial charge in [-0.2, -0.15) is 0 Å². The van der Waals surface area contributed by atoms with Gasteiger partial charge in [-0.3, -0.25) is 0 Å². The number of nitrogens with zero attached hydrogens (tertiary/aromatic N) is 1. The predicted molar refractivity (Wildman–Crippen MR) is 96.4 cm³/mol. The number of fused-ring (bicyclic) bond motifs is 1. The number of furan rings is 1. The van der Waals surface area contributed by atoms with E-state index in [9.17, 15) is 5.11 Å². The number of phenols is 1. The summed E-state index contributed by atoms with van der Waals surface area (Å²) in [5.74, 6) is 1.95. The second-order valence-corrected chi connectivity index (χ2v) is 6.74. The Bertz CT molecular complexity index is 790. The fourth-order valence-corrected chi connectivity index (χ4v) is 3.74. The molecule has 3 aromatic rings. The van der Waals surface area contributed by atoms with Crippen molar-refractivity contribution in [3.63, 3.8) is 0 Å². The zero-order valence-corrected chi connectivity index (χ0v) is 13.8. The van der Waals surface area contributed by atoms with Gasteiger partial charge < -0.3 is 14.4 Å². The van der Waals surface area contributed by atoms with Crippen molar-refractivity contribution in [3.8, 4) is 5.75 Å². The van der Waals surface area contributed by atoms with Crippen LogP contribution in [-0.2, 0) is 6.42 Å². The van der Waals surface area contributed by atoms with Gasteiger partial charge >= 0.3 is 0 Å². The van der Waals surface area contributed by atoms with E-state index in [-0.39, 0.29) is 0 Å². The highest BCUT2D eigenvalue weighted by Crippen LogP contribution is 2.29. The van der Waals surface area contributed by atoms with Gasteiger partial charge in [0.25, 0.3) is 0 Å². The second kappa shape index (κ2) is 6.70. The van der Waals surface area contributed by atoms with Crippen LogP contribution in [0.25, 0.3) is 11.0 Å². The minimum absolute atomic E-state index is 0.367. The Morgan fingerprint density at radius 3 is 2.88 bits per heavy atom. The molecule has 124 valence electrons. The second-order valence-electron chi connectivity index (χ2n) is 6.74. The number of piperidine rings is 1. The van der Waals surface area contributed by atoms with Crippen molar-refractivity contribution in [1.29, 1.82) is 0 Å². The Balaban J connectivity index is 1.39. The molecular weight excluding hydrogens is 298 g/mol. The van der Waals surface area contributed by atoms with Crippen LogP contribution in [-0.4, -0.2) is 29.6 Å². The lowest BCUT2D eigenvalue weighted by Gasteiger charge is -2.32. The van der Waals surface area contributed by atoms with E-state index in [1.807, 2.05) is 30.3 Å². The summed E-state index contributed by atoms with van der Waals surface area (Å²) in [6.07, 6.45) is 3.35. The molecule has 1 aliphatic rings. The van der Waals surface area contributed by atoms with Crippen molar-refractivity contribution in [2.75, 3.05) is 19.6 Å². The van der Waals surface area contributed by atoms with E-state index in [4.69, 9.17) is 4.42 Å². The Morgan fingerprint density at radius 2 is 2.00 bits per heavy atom. The van der Waals surface area contributed by atoms with Crippen molar-refractivity contribution in [2.45, 2.75) is 25.2 Å². The highest BCUT2D eigenvalue weighted by molar-refractivity contribution is 5.77. The Kier molecular flexibility index (Phi) is 4.26. The average molecular weight is 321 g/mol. The van der Waals surface area contributed by atoms with E-state index in [1.54, 1.807) is 6.07 Å². The Labute approximate surface area is 142 Å². The zero-order valence-electron chi connectivity index (χ0n) is 13.8. The molecule has 2 aromatic carbocycles. The fraction of sp³-hybridized carbons (Fsp3) is 0.333. The maximum atomic E-state index is 9.70. The molecule has 0 radical (unpaired) electrons. The van der Waals surface area contributed by atoms with Gasteiger partial charge in [-0.25, -0.2) is 0 Å². The molecule has 4 rings (SSSR count). The van der Waals surface area contributed by atoms with E-state index >= 15 is 0 Å². The molecular formula is C21H23NO2. The van der Waals surface area contributed by atoms with Crippen molar-refractivity contribution in [2.24, 2.45) is 0 Å². The van der Waals surface area contributed by atoms with Gasteiger partial charge in [-0.15, -0.1) is 0 Å². The van der Waals surface area contributed by atoms with Gasteiger partial charge in [0.15, 0.2) is 0 Å². The molecule has 1 N–H and O–H groups in total. The number of likely N-dealkylation sites (tertiary alicyclic amines) is 1. The summed E-state index contributed by atoms with van der Waals surface area (Å²) >= 11 is 0. The van der Waals surface area contributed by atoms with Crippen molar-refractivity contribution >= 4 is 11.0 Å². The molecule has 3 heteroatoms. The fourth-order valence-electron chi connectivity index (χ4n) is 3.74. The number of rotatable bonds is 4. The van der Waals surface area contributed by atoms with Gasteiger partial charge in [0, 0.05) is 24.9 Å². The minimum Gasteiger partial charge on any atom is -0.508 e. The van der Waals surface area contributed by atoms with Gasteiger partial charge in [0.1, 0.15) is 17.1 Å². The third kappa shape index (κ3) is 3.31. The van der Waals surface area contributed by atoms with E-state index in [2.05, 4.69) is 23.1 Å². The molecule has 0 amide bonds. The van der Waals surface area contributed by atoms with Gasteiger partial charge in [0.05, 0.1) is 0 Å². The lowest BCUT2D eigenvalue weighted by Crippen LogP contribution is -2.35. The molecule has 0 saturated carbocycles. The van der Waals surface area contributed by atoms with Crippen LogP contribution in [0.2, 0.25) is 0 Å². The smallest absolute Gasteiger partial charge is 0.134 e. The SMILES string of the molecule is Oc1cccc(C2CCCN(CCc3cc4ccccc4o3)C2)c1. The monoisotopic (exact) mass is 321 g/mol. The normalized spacial score (nSPS) is 18.9. The molecule has 1 aromatic heterocycles. The molecule has 3 nitrogen and oxygen atoms in total. The van der Waals surface area contributed by atoms with Crippen LogP contribution in [0.4, 0.5) is 0 Å². The van der Waals surface area contributed by atoms with Gasteiger partial charge in [-0.05, 0) is 55.1 Å². The molecule has 0 aliphatic carbocycles. The first kappa shape index (κ1) is 15.3. The molecule has 0 spiro atoms. The number of hydrogen-bond acceptors (Lipinski definition) is 3. The summed E-state index contributed by atoms with van der Waals surface area (Å²) in [6.45, 7) is 3.23. The van der Waals surface area contributed by atoms with Crippen LogP contribution >= 0.6 is 0 Å². The van der Waals surface area contributed by atoms with E-state index in [0.717, 1.165) is 37.4 Å². The highest BCUT2D eigenvalue weighted by atomic mass is 16.3. The maximum Gasteiger partial charge on any atom is 0.134 e. The topological polar surface area (TPSA) is 36.6 Å². The Morgan fingerprint density at radius 1 is 1.08 bits per heavy atom. The summed E-state index contributed by atoms with van der Waals surface area (Å²) in [5.41, 5.74) is 2.23. The number of para-hydroxylation sites is 1. The summed E-state index contributed by atoms with van der Waals surface area (Å²) in [4.78, 5) is 2.52. The first-order valence-electron chi connectivity index (χ1n) is 8.77. The first-order valence-corrected chi connectivity index (χ1v) is 8.77. The van der Waals surface area contributed by atoms with E-state index in [0.29, 0.717) is 11.7 Å². The quantitative estimate of drug-likeness (QED) is 0.765. The number of aromatic hydroxyl groups is 1. The highest BCUT2D eigenvalue weighted by Gasteiger charge is 2.21. The van der Waals surface area contributed by atoms with Gasteiger partial charge in [-0.1, -0.05) is 30.3 Å². The van der Waals surface area contributed by atoms with Crippen LogP contribution < -0.4 is 0 Å². The summed E-state index contributed by atoms with van der Waals surface area (Å²) < 4.78 is 5.93. The van der Waals surface area contributed by atoms with Crippen LogP contribution in [0.3, 0.4) is 0 Å². The molecule has 1 aliphatic heterocycles. The van der Waals surface area contributed by atoms with E-state index < -0.39 is 0 Å². The largest absolute Gasteiger partial charge is 0.508 e. The number of benzene rings is 2. The third-order valence-corrected chi connectivity index (χ3v) is 5.00. The number of phenolic OH excluding ortho intramolecular Hbond substituents is 1. The molecule has 24 heavy (non-hydrogen) atoms. The molecule has 1 atom stereocenters. The standard InChI is InChI=1S/C21H23NO2/c23-19-8-3-6-16(13-19)18-7-4-11-22(15-18)12-10-20-14-17-5-1-2-9-21(17)24-20/h1-3,5-6,8-9,13-14,18,23H,4,7,10-12,15H2. The summed E-state index contributed by atoms with van der Waals surface area (Å²) in [7, 11) is 0. The van der Waals surface area contributed by atoms with Crippen LogP contribution in [0.15, 0.2) is 59.0 Å². The van der Waals surface area contributed by atoms with Gasteiger partial charge in [0.2, 0.25) is 0 Å². The molecule has 1 saturated heterocycles. The van der Waals surface area contributed by atoms with Crippen molar-refractivity contribution < 1.29 is 9.52 Å². The van der Waals surface area contributed by atoms with Crippen molar-refractivity contribution in [1.82, 2.24) is 4.90 Å². The zero-order chi connectivity index (χ0) is 16.4. The predicted octanol–water partition coefficient (Wildman–Crippen LogP) is 4.56. The summed E-state index contributed by atoms with van der Waals surface area (Å²) in [6, 6.07) is 18.1. The average Bonchev–Trinajstić information content (AvgIpc) is 3.03. The molecule has 1 unspecified atom stereocenters. The summed E-state index contributed by atoms with van der Waals surface area (Å²) in [5, 5.41) is 10.9. The van der Waals surface area contributed by atoms with Crippen molar-refractivity contribution in [3.05, 3.63) is 65.9 Å². The lowest BCUT2D eigenvalue weighted by molar-refractivity contribution is 0.207. The Hall–Kier alpha value is -2.26. The lowest BCUT2D eigenvalue weighted by atomic mass is 9.90. The third-order valence-electron chi connectivity index (χ3n) is 5.00. The van der Waals surface area contributed by atoms with Crippen LogP contribution in [0.5, 0.6) is 5.75 Å². The molecule has 0 bridgehead atoms. The maximum absolute atomic E-state index is 9.70. The molecule has 2 heterocycles. The van der Waals surface area contributed by atoms with Crippen LogP contribution in [0, 0.1) is 0 Å².